The molecule has 0 bridgehead atoms. The Balaban J connectivity index is 2.82. The number of aromatic nitrogens is 1. The third-order valence-corrected chi connectivity index (χ3v) is 2.00. The molecule has 0 amide bonds. The Morgan fingerprint density at radius 2 is 2.38 bits per heavy atom. The number of pyridine rings is 1. The summed E-state index contributed by atoms with van der Waals surface area (Å²) in [7, 11) is 0. The summed E-state index contributed by atoms with van der Waals surface area (Å²) in [5.41, 5.74) is 0.948. The van der Waals surface area contributed by atoms with Crippen LogP contribution in [0.1, 0.15) is 10.4 Å². The monoisotopic (exact) mass is 241 g/mol. The van der Waals surface area contributed by atoms with Gasteiger partial charge in [0.25, 0.3) is 0 Å². The van der Waals surface area contributed by atoms with Crippen LogP contribution < -0.4 is 0 Å². The lowest BCUT2D eigenvalue weighted by Gasteiger charge is -1.92. The molecule has 0 aliphatic heterocycles. The van der Waals surface area contributed by atoms with E-state index in [1.165, 1.54) is 12.3 Å². The van der Waals surface area contributed by atoms with Gasteiger partial charge in [-0.15, -0.1) is 0 Å². The van der Waals surface area contributed by atoms with Crippen molar-refractivity contribution in [2.24, 2.45) is 0 Å². The molecule has 2 rings (SSSR count). The second-order valence-electron chi connectivity index (χ2n) is 2.43. The zero-order chi connectivity index (χ0) is 9.42. The molecule has 0 saturated heterocycles. The van der Waals surface area contributed by atoms with Gasteiger partial charge in [0.2, 0.25) is 0 Å². The molecule has 0 atom stereocenters. The zero-order valence-electron chi connectivity index (χ0n) is 6.32. The predicted octanol–water partition coefficient (Wildman–Crippen LogP) is 2.29. The molecule has 0 saturated carbocycles. The third kappa shape index (κ3) is 1.31. The molecule has 66 valence electrons. The molecular weight excluding hydrogens is 238 g/mol. The van der Waals surface area contributed by atoms with Crippen molar-refractivity contribution in [3.05, 3.63) is 28.6 Å². The first-order valence-corrected chi connectivity index (χ1v) is 4.25. The number of carbonyl (C=O) groups is 1. The molecule has 0 aliphatic rings. The number of carboxylic acid groups (broad SMARTS) is 1. The van der Waals surface area contributed by atoms with Crippen LogP contribution in [0.5, 0.6) is 0 Å². The first kappa shape index (κ1) is 8.25. The Bertz CT molecular complexity index is 477. The van der Waals surface area contributed by atoms with Crippen molar-refractivity contribution >= 4 is 33.0 Å². The molecule has 2 aromatic heterocycles. The minimum atomic E-state index is -1.02. The van der Waals surface area contributed by atoms with Crippen LogP contribution in [0.15, 0.2) is 27.4 Å². The average Bonchev–Trinajstić information content (AvgIpc) is 2.43. The van der Waals surface area contributed by atoms with Gasteiger partial charge in [-0.25, -0.2) is 4.79 Å². The Morgan fingerprint density at radius 3 is 3.08 bits per heavy atom. The number of fused-ring (bicyclic) bond motifs is 1. The summed E-state index contributed by atoms with van der Waals surface area (Å²) in [5, 5.41) is 8.79. The van der Waals surface area contributed by atoms with Crippen molar-refractivity contribution < 1.29 is 14.3 Å². The van der Waals surface area contributed by atoms with E-state index in [1.54, 1.807) is 6.07 Å². The van der Waals surface area contributed by atoms with E-state index in [-0.39, 0.29) is 5.56 Å². The average molecular weight is 242 g/mol. The highest BCUT2D eigenvalue weighted by atomic mass is 79.9. The smallest absolute Gasteiger partial charge is 0.339 e. The summed E-state index contributed by atoms with van der Waals surface area (Å²) in [4.78, 5) is 14.7. The maximum Gasteiger partial charge on any atom is 0.339 e. The van der Waals surface area contributed by atoms with Gasteiger partial charge >= 0.3 is 5.97 Å². The molecule has 2 aromatic rings. The highest BCUT2D eigenvalue weighted by Gasteiger charge is 2.12. The Morgan fingerprint density at radius 1 is 1.62 bits per heavy atom. The fourth-order valence-electron chi connectivity index (χ4n) is 1.08. The lowest BCUT2D eigenvalue weighted by atomic mass is 10.2. The first-order chi connectivity index (χ1) is 6.18. The number of carboxylic acids is 1. The fourth-order valence-corrected chi connectivity index (χ4v) is 1.46. The minimum absolute atomic E-state index is 0.121. The van der Waals surface area contributed by atoms with Crippen LogP contribution in [-0.2, 0) is 0 Å². The number of hydrogen-bond acceptors (Lipinski definition) is 3. The van der Waals surface area contributed by atoms with Crippen LogP contribution >= 0.6 is 15.9 Å². The summed E-state index contributed by atoms with van der Waals surface area (Å²) in [5.74, 6) is -1.02. The largest absolute Gasteiger partial charge is 0.478 e. The number of halogens is 1. The standard InChI is InChI=1S/C8H4BrNO3/c9-6-3-5-7(13-6)4(8(11)12)1-2-10-5/h1-3H,(H,11,12). The number of furan rings is 1. The number of nitrogens with zero attached hydrogens (tertiary/aromatic N) is 1. The van der Waals surface area contributed by atoms with Crippen LogP contribution in [0.3, 0.4) is 0 Å². The van der Waals surface area contributed by atoms with Crippen LogP contribution in [0, 0.1) is 0 Å². The normalized spacial score (nSPS) is 10.5. The SMILES string of the molecule is O=C(O)c1ccnc2cc(Br)oc12. The van der Waals surface area contributed by atoms with E-state index in [2.05, 4.69) is 20.9 Å². The quantitative estimate of drug-likeness (QED) is 0.833. The Hall–Kier alpha value is -1.36. The van der Waals surface area contributed by atoms with Crippen molar-refractivity contribution in [1.82, 2.24) is 4.98 Å². The molecule has 0 aromatic carbocycles. The van der Waals surface area contributed by atoms with E-state index in [1.807, 2.05) is 0 Å². The van der Waals surface area contributed by atoms with Crippen molar-refractivity contribution in [2.75, 3.05) is 0 Å². The molecule has 0 fully saturated rings. The number of hydrogen-bond donors (Lipinski definition) is 1. The van der Waals surface area contributed by atoms with Crippen molar-refractivity contribution in [3.63, 3.8) is 0 Å². The highest BCUT2D eigenvalue weighted by molar-refractivity contribution is 9.10. The van der Waals surface area contributed by atoms with E-state index in [0.29, 0.717) is 15.8 Å². The number of rotatable bonds is 1. The maximum atomic E-state index is 10.7. The van der Waals surface area contributed by atoms with E-state index >= 15 is 0 Å². The number of aromatic carboxylic acids is 1. The zero-order valence-corrected chi connectivity index (χ0v) is 7.91. The summed E-state index contributed by atoms with van der Waals surface area (Å²) >= 11 is 3.11. The van der Waals surface area contributed by atoms with Crippen molar-refractivity contribution in [3.8, 4) is 0 Å². The van der Waals surface area contributed by atoms with Crippen LogP contribution in [0.4, 0.5) is 0 Å². The Kier molecular flexibility index (Phi) is 1.81. The van der Waals surface area contributed by atoms with Gasteiger partial charge in [0.1, 0.15) is 11.1 Å². The maximum absolute atomic E-state index is 10.7. The lowest BCUT2D eigenvalue weighted by Crippen LogP contribution is -1.96. The molecular formula is C8H4BrNO3. The summed E-state index contributed by atoms with van der Waals surface area (Å²) < 4.78 is 5.61. The molecule has 0 spiro atoms. The molecule has 0 unspecified atom stereocenters. The lowest BCUT2D eigenvalue weighted by molar-refractivity contribution is 0.0697. The topological polar surface area (TPSA) is 63.3 Å². The van der Waals surface area contributed by atoms with Crippen LogP contribution in [0.25, 0.3) is 11.1 Å². The van der Waals surface area contributed by atoms with Gasteiger partial charge in [0.15, 0.2) is 10.3 Å². The summed E-state index contributed by atoms with van der Waals surface area (Å²) in [6.07, 6.45) is 1.44. The van der Waals surface area contributed by atoms with Crippen LogP contribution in [0.2, 0.25) is 0 Å². The van der Waals surface area contributed by atoms with Gasteiger partial charge in [-0.3, -0.25) is 4.98 Å². The molecule has 0 radical (unpaired) electrons. The van der Waals surface area contributed by atoms with Gasteiger partial charge in [-0.1, -0.05) is 0 Å². The van der Waals surface area contributed by atoms with Gasteiger partial charge in [0.05, 0.1) is 0 Å². The van der Waals surface area contributed by atoms with Gasteiger partial charge in [-0.2, -0.15) is 0 Å². The van der Waals surface area contributed by atoms with E-state index < -0.39 is 5.97 Å². The minimum Gasteiger partial charge on any atom is -0.478 e. The summed E-state index contributed by atoms with van der Waals surface area (Å²) in [6.45, 7) is 0. The molecule has 13 heavy (non-hydrogen) atoms. The molecule has 4 nitrogen and oxygen atoms in total. The van der Waals surface area contributed by atoms with Crippen molar-refractivity contribution in [2.45, 2.75) is 0 Å². The second-order valence-corrected chi connectivity index (χ2v) is 3.21. The fraction of sp³-hybridized carbons (Fsp3) is 0. The van der Waals surface area contributed by atoms with Gasteiger partial charge in [0, 0.05) is 12.3 Å². The molecule has 5 heteroatoms. The first-order valence-electron chi connectivity index (χ1n) is 3.46. The van der Waals surface area contributed by atoms with E-state index in [9.17, 15) is 4.79 Å². The van der Waals surface area contributed by atoms with Gasteiger partial charge in [-0.05, 0) is 22.0 Å². The molecule has 1 N–H and O–H groups in total. The molecule has 2 heterocycles. The van der Waals surface area contributed by atoms with E-state index in [4.69, 9.17) is 9.52 Å². The van der Waals surface area contributed by atoms with Gasteiger partial charge < -0.3 is 9.52 Å². The summed E-state index contributed by atoms with van der Waals surface area (Å²) in [6, 6.07) is 3.03. The third-order valence-electron chi connectivity index (χ3n) is 1.61. The molecule has 0 aliphatic carbocycles. The van der Waals surface area contributed by atoms with Crippen molar-refractivity contribution in [1.29, 1.82) is 0 Å². The van der Waals surface area contributed by atoms with E-state index in [0.717, 1.165) is 0 Å². The van der Waals surface area contributed by atoms with Crippen LogP contribution in [-0.4, -0.2) is 16.1 Å². The predicted molar refractivity (Wildman–Crippen MR) is 48.7 cm³/mol. The highest BCUT2D eigenvalue weighted by Crippen LogP contribution is 2.24. The second kappa shape index (κ2) is 2.85. The Labute approximate surface area is 81.3 Å².